The molecule has 0 radical (unpaired) electrons. The van der Waals surface area contributed by atoms with E-state index < -0.39 is 9.84 Å². The quantitative estimate of drug-likeness (QED) is 0.839. The molecule has 0 saturated carbocycles. The maximum atomic E-state index is 11.8. The third-order valence-electron chi connectivity index (χ3n) is 3.23. The molecule has 1 aliphatic heterocycles. The van der Waals surface area contributed by atoms with E-state index in [0.29, 0.717) is 29.3 Å². The van der Waals surface area contributed by atoms with Crippen molar-refractivity contribution >= 4 is 27.1 Å². The van der Waals surface area contributed by atoms with Crippen LogP contribution in [0.3, 0.4) is 0 Å². The molecule has 2 aromatic heterocycles. The lowest BCUT2D eigenvalue weighted by atomic mass is 10.2. The summed E-state index contributed by atoms with van der Waals surface area (Å²) in [6, 6.07) is 3.52. The molecule has 0 amide bonds. The average Bonchev–Trinajstić information content (AvgIpc) is 2.84. The van der Waals surface area contributed by atoms with Crippen LogP contribution in [0.5, 0.6) is 0 Å². The van der Waals surface area contributed by atoms with Gasteiger partial charge in [-0.2, -0.15) is 5.10 Å². The van der Waals surface area contributed by atoms with E-state index in [1.54, 1.807) is 22.8 Å². The van der Waals surface area contributed by atoms with Gasteiger partial charge in [0.1, 0.15) is 0 Å². The number of sulfone groups is 1. The SMILES string of the molecule is O=S1(=O)CCCC1Cc1nc2c(Cl)cccn2n1. The highest BCUT2D eigenvalue weighted by atomic mass is 35.5. The molecule has 1 atom stereocenters. The molecule has 1 saturated heterocycles. The predicted molar refractivity (Wildman–Crippen MR) is 68.5 cm³/mol. The number of rotatable bonds is 2. The van der Waals surface area contributed by atoms with Crippen LogP contribution in [0.15, 0.2) is 18.3 Å². The van der Waals surface area contributed by atoms with Gasteiger partial charge in [-0.1, -0.05) is 11.6 Å². The van der Waals surface area contributed by atoms with Crippen molar-refractivity contribution in [1.29, 1.82) is 0 Å². The van der Waals surface area contributed by atoms with Crippen molar-refractivity contribution in [1.82, 2.24) is 14.6 Å². The summed E-state index contributed by atoms with van der Waals surface area (Å²) in [5.74, 6) is 0.824. The summed E-state index contributed by atoms with van der Waals surface area (Å²) in [5, 5.41) is 4.44. The maximum absolute atomic E-state index is 11.8. The summed E-state index contributed by atoms with van der Waals surface area (Å²) in [7, 11) is -2.96. The number of hydrogen-bond acceptors (Lipinski definition) is 4. The Labute approximate surface area is 110 Å². The number of halogens is 1. The number of nitrogens with zero attached hydrogens (tertiary/aromatic N) is 3. The third-order valence-corrected chi connectivity index (χ3v) is 5.80. The second kappa shape index (κ2) is 4.20. The van der Waals surface area contributed by atoms with Crippen molar-refractivity contribution < 1.29 is 8.42 Å². The van der Waals surface area contributed by atoms with Gasteiger partial charge in [-0.3, -0.25) is 0 Å². The molecule has 96 valence electrons. The molecule has 0 bridgehead atoms. The summed E-state index contributed by atoms with van der Waals surface area (Å²) < 4.78 is 25.1. The molecule has 5 nitrogen and oxygen atoms in total. The van der Waals surface area contributed by atoms with E-state index in [-0.39, 0.29) is 11.0 Å². The van der Waals surface area contributed by atoms with Gasteiger partial charge < -0.3 is 0 Å². The molecule has 1 aliphatic rings. The standard InChI is InChI=1S/C11H12ClN3O2S/c12-9-4-1-5-15-11(9)13-10(14-15)7-8-3-2-6-18(8,16)17/h1,4-5,8H,2-3,6-7H2. The lowest BCUT2D eigenvalue weighted by molar-refractivity contribution is 0.586. The lowest BCUT2D eigenvalue weighted by Crippen LogP contribution is -2.19. The second-order valence-electron chi connectivity index (χ2n) is 4.49. The first-order valence-electron chi connectivity index (χ1n) is 5.77. The average molecular weight is 286 g/mol. The Hall–Kier alpha value is -1.14. The molecular weight excluding hydrogens is 274 g/mol. The van der Waals surface area contributed by atoms with Gasteiger partial charge in [0.05, 0.1) is 16.0 Å². The van der Waals surface area contributed by atoms with Crippen molar-refractivity contribution in [2.45, 2.75) is 24.5 Å². The minimum atomic E-state index is -2.96. The fourth-order valence-electron chi connectivity index (χ4n) is 2.30. The van der Waals surface area contributed by atoms with Crippen molar-refractivity contribution in [3.8, 4) is 0 Å². The maximum Gasteiger partial charge on any atom is 0.174 e. The van der Waals surface area contributed by atoms with Crippen LogP contribution in [0, 0.1) is 0 Å². The molecule has 3 rings (SSSR count). The van der Waals surface area contributed by atoms with Crippen molar-refractivity contribution in [3.05, 3.63) is 29.2 Å². The van der Waals surface area contributed by atoms with E-state index in [2.05, 4.69) is 10.1 Å². The molecule has 0 N–H and O–H groups in total. The van der Waals surface area contributed by atoms with Crippen LogP contribution in [0.25, 0.3) is 5.65 Å². The van der Waals surface area contributed by atoms with E-state index in [9.17, 15) is 8.42 Å². The highest BCUT2D eigenvalue weighted by Gasteiger charge is 2.32. The van der Waals surface area contributed by atoms with Crippen molar-refractivity contribution in [2.24, 2.45) is 0 Å². The normalized spacial score (nSPS) is 22.6. The van der Waals surface area contributed by atoms with Crippen LogP contribution in [-0.4, -0.2) is 34.0 Å². The van der Waals surface area contributed by atoms with Gasteiger partial charge in [0, 0.05) is 12.6 Å². The smallest absolute Gasteiger partial charge is 0.174 e. The molecule has 0 aromatic carbocycles. The largest absolute Gasteiger partial charge is 0.229 e. The van der Waals surface area contributed by atoms with Gasteiger partial charge in [-0.25, -0.2) is 17.9 Å². The first-order valence-corrected chi connectivity index (χ1v) is 7.87. The fraction of sp³-hybridized carbons (Fsp3) is 0.455. The van der Waals surface area contributed by atoms with Crippen LogP contribution in [-0.2, 0) is 16.3 Å². The number of hydrogen-bond donors (Lipinski definition) is 0. The summed E-state index contributed by atoms with van der Waals surface area (Å²) in [6.45, 7) is 0. The Bertz CT molecular complexity index is 695. The molecule has 18 heavy (non-hydrogen) atoms. The van der Waals surface area contributed by atoms with Gasteiger partial charge in [0.25, 0.3) is 0 Å². The van der Waals surface area contributed by atoms with E-state index in [4.69, 9.17) is 11.6 Å². The highest BCUT2D eigenvalue weighted by molar-refractivity contribution is 7.92. The van der Waals surface area contributed by atoms with E-state index >= 15 is 0 Å². The van der Waals surface area contributed by atoms with E-state index in [1.807, 2.05) is 0 Å². The van der Waals surface area contributed by atoms with Gasteiger partial charge in [-0.05, 0) is 25.0 Å². The first kappa shape index (κ1) is 11.9. The summed E-state index contributed by atoms with van der Waals surface area (Å²) in [6.07, 6.45) is 3.56. The zero-order valence-electron chi connectivity index (χ0n) is 9.58. The lowest BCUT2D eigenvalue weighted by Gasteiger charge is -2.04. The van der Waals surface area contributed by atoms with Gasteiger partial charge >= 0.3 is 0 Å². The van der Waals surface area contributed by atoms with E-state index in [1.165, 1.54) is 0 Å². The minimum absolute atomic E-state index is 0.284. The number of pyridine rings is 1. The topological polar surface area (TPSA) is 64.3 Å². The van der Waals surface area contributed by atoms with E-state index in [0.717, 1.165) is 6.42 Å². The zero-order valence-corrected chi connectivity index (χ0v) is 11.2. The molecule has 1 unspecified atom stereocenters. The Morgan fingerprint density at radius 3 is 3.00 bits per heavy atom. The summed E-state index contributed by atoms with van der Waals surface area (Å²) >= 11 is 6.00. The van der Waals surface area contributed by atoms with Crippen LogP contribution in [0.4, 0.5) is 0 Å². The number of fused-ring (bicyclic) bond motifs is 1. The third kappa shape index (κ3) is 1.99. The number of aromatic nitrogens is 3. The first-order chi connectivity index (χ1) is 8.56. The van der Waals surface area contributed by atoms with Crippen molar-refractivity contribution in [3.63, 3.8) is 0 Å². The van der Waals surface area contributed by atoms with Crippen molar-refractivity contribution in [2.75, 3.05) is 5.75 Å². The Kier molecular flexibility index (Phi) is 2.79. The predicted octanol–water partition coefficient (Wildman–Crippen LogP) is 1.50. The van der Waals surface area contributed by atoms with Gasteiger partial charge in [-0.15, -0.1) is 0 Å². The highest BCUT2D eigenvalue weighted by Crippen LogP contribution is 2.23. The molecule has 0 aliphatic carbocycles. The van der Waals surface area contributed by atoms with Gasteiger partial charge in [0.15, 0.2) is 21.3 Å². The van der Waals surface area contributed by atoms with Crippen LogP contribution in [0.2, 0.25) is 5.02 Å². The second-order valence-corrected chi connectivity index (χ2v) is 7.30. The molecule has 2 aromatic rings. The zero-order chi connectivity index (χ0) is 12.8. The molecule has 7 heteroatoms. The molecular formula is C11H12ClN3O2S. The Morgan fingerprint density at radius 2 is 2.33 bits per heavy atom. The van der Waals surface area contributed by atoms with Crippen LogP contribution < -0.4 is 0 Å². The molecule has 1 fully saturated rings. The van der Waals surface area contributed by atoms with Crippen LogP contribution in [0.1, 0.15) is 18.7 Å². The fourth-order valence-corrected chi connectivity index (χ4v) is 4.33. The summed E-state index contributed by atoms with van der Waals surface area (Å²) in [5.41, 5.74) is 0.574. The van der Waals surface area contributed by atoms with Crippen LogP contribution >= 0.6 is 11.6 Å². The Balaban J connectivity index is 1.94. The molecule has 3 heterocycles. The molecule has 0 spiro atoms. The van der Waals surface area contributed by atoms with Gasteiger partial charge in [0.2, 0.25) is 0 Å². The summed E-state index contributed by atoms with van der Waals surface area (Å²) in [4.78, 5) is 4.30. The Morgan fingerprint density at radius 1 is 1.50 bits per heavy atom. The monoisotopic (exact) mass is 285 g/mol. The minimum Gasteiger partial charge on any atom is -0.229 e.